The highest BCUT2D eigenvalue weighted by Crippen LogP contribution is 2.58. The van der Waals surface area contributed by atoms with Crippen molar-refractivity contribution in [1.29, 1.82) is 0 Å². The Kier molecular flexibility index (Phi) is 6.95. The molecule has 1 rings (SSSR count). The number of hydrogen-bond donors (Lipinski definition) is 1. The summed E-state index contributed by atoms with van der Waals surface area (Å²) in [4.78, 5) is 0. The van der Waals surface area contributed by atoms with Crippen LogP contribution in [0.2, 0.25) is 0 Å². The van der Waals surface area contributed by atoms with E-state index in [2.05, 4.69) is 0 Å². The lowest BCUT2D eigenvalue weighted by Gasteiger charge is -2.38. The zero-order valence-electron chi connectivity index (χ0n) is 15.0. The fourth-order valence-corrected chi connectivity index (χ4v) is 2.57. The zero-order valence-corrected chi connectivity index (χ0v) is 15.0. The van der Waals surface area contributed by atoms with Crippen LogP contribution in [-0.4, -0.2) is 35.0 Å². The molecule has 0 spiro atoms. The number of halogens is 11. The first-order valence-electron chi connectivity index (χ1n) is 8.13. The van der Waals surface area contributed by atoms with E-state index < -0.39 is 42.4 Å². The second-order valence-corrected chi connectivity index (χ2v) is 6.94. The molecule has 12 heteroatoms. The molecule has 0 saturated carbocycles. The molecule has 0 radical (unpaired) electrons. The van der Waals surface area contributed by atoms with E-state index in [0.717, 1.165) is 6.07 Å². The molecule has 1 atom stereocenters. The Morgan fingerprint density at radius 2 is 1.24 bits per heavy atom. The van der Waals surface area contributed by atoms with Crippen LogP contribution < -0.4 is 0 Å². The van der Waals surface area contributed by atoms with Crippen LogP contribution >= 0.6 is 0 Å². The van der Waals surface area contributed by atoms with Gasteiger partial charge in [-0.1, -0.05) is 38.1 Å². The van der Waals surface area contributed by atoms with Crippen molar-refractivity contribution in [3.05, 3.63) is 35.4 Å². The van der Waals surface area contributed by atoms with Crippen molar-refractivity contribution in [2.24, 2.45) is 5.92 Å². The maximum Gasteiger partial charge on any atom is 0.460 e. The topological polar surface area (TPSA) is 20.2 Å². The average Bonchev–Trinajstić information content (AvgIpc) is 2.52. The van der Waals surface area contributed by atoms with Crippen molar-refractivity contribution in [3.63, 3.8) is 0 Å². The van der Waals surface area contributed by atoms with E-state index >= 15 is 0 Å². The van der Waals surface area contributed by atoms with Crippen LogP contribution in [0.25, 0.3) is 0 Å². The number of benzene rings is 1. The van der Waals surface area contributed by atoms with Crippen molar-refractivity contribution in [2.75, 3.05) is 0 Å². The summed E-state index contributed by atoms with van der Waals surface area (Å²) in [6, 6.07) is 4.99. The van der Waals surface area contributed by atoms with Crippen molar-refractivity contribution in [1.82, 2.24) is 0 Å². The molecule has 0 aliphatic heterocycles. The van der Waals surface area contributed by atoms with Gasteiger partial charge in [0.15, 0.2) is 0 Å². The molecule has 0 aliphatic carbocycles. The Balaban J connectivity index is 3.28. The van der Waals surface area contributed by atoms with Crippen LogP contribution in [0.3, 0.4) is 0 Å². The molecule has 1 aromatic rings. The normalized spacial score (nSPS) is 15.7. The molecule has 0 fully saturated rings. The van der Waals surface area contributed by atoms with E-state index in [9.17, 15) is 53.4 Å². The van der Waals surface area contributed by atoms with Gasteiger partial charge in [0.1, 0.15) is 0 Å². The van der Waals surface area contributed by atoms with Crippen LogP contribution in [0.5, 0.6) is 0 Å². The molecular weight excluding hydrogens is 429 g/mol. The van der Waals surface area contributed by atoms with Gasteiger partial charge in [-0.2, -0.15) is 48.3 Å². The molecule has 0 aromatic heterocycles. The molecule has 168 valence electrons. The first-order valence-corrected chi connectivity index (χ1v) is 8.13. The quantitative estimate of drug-likeness (QED) is 0.458. The Bertz CT molecular complexity index is 695. The first-order chi connectivity index (χ1) is 12.8. The number of alkyl halides is 11. The summed E-state index contributed by atoms with van der Waals surface area (Å²) in [6.45, 7) is 3.37. The number of aliphatic hydroxyl groups is 1. The maximum atomic E-state index is 13.9. The van der Waals surface area contributed by atoms with Crippen molar-refractivity contribution in [3.8, 4) is 0 Å². The van der Waals surface area contributed by atoms with E-state index in [-0.39, 0.29) is 23.5 Å². The Morgan fingerprint density at radius 3 is 1.69 bits per heavy atom. The zero-order chi connectivity index (χ0) is 23.1. The fourth-order valence-electron chi connectivity index (χ4n) is 2.57. The molecule has 1 N–H and O–H groups in total. The third-order valence-electron chi connectivity index (χ3n) is 4.10. The van der Waals surface area contributed by atoms with Gasteiger partial charge in [-0.15, -0.1) is 0 Å². The van der Waals surface area contributed by atoms with Crippen molar-refractivity contribution >= 4 is 0 Å². The van der Waals surface area contributed by atoms with E-state index in [4.69, 9.17) is 0 Å². The Morgan fingerprint density at radius 1 is 0.759 bits per heavy atom. The molecule has 0 heterocycles. The summed E-state index contributed by atoms with van der Waals surface area (Å²) in [6.07, 6.45) is -12.1. The van der Waals surface area contributed by atoms with Crippen LogP contribution in [0.4, 0.5) is 48.3 Å². The lowest BCUT2D eigenvalue weighted by Crippen LogP contribution is -2.66. The molecule has 0 saturated heterocycles. The Labute approximate surface area is 158 Å². The van der Waals surface area contributed by atoms with Gasteiger partial charge in [0.05, 0.1) is 6.10 Å². The third-order valence-corrected chi connectivity index (χ3v) is 4.10. The second-order valence-electron chi connectivity index (χ2n) is 6.94. The van der Waals surface area contributed by atoms with Gasteiger partial charge in [0.2, 0.25) is 0 Å². The highest BCUT2D eigenvalue weighted by Gasteiger charge is 2.87. The highest BCUT2D eigenvalue weighted by molar-refractivity contribution is 5.30. The second kappa shape index (κ2) is 7.92. The van der Waals surface area contributed by atoms with E-state index in [1.165, 1.54) is 18.2 Å². The summed E-state index contributed by atoms with van der Waals surface area (Å²) >= 11 is 0. The van der Waals surface area contributed by atoms with E-state index in [1.54, 1.807) is 13.8 Å². The molecule has 1 nitrogen and oxygen atoms in total. The molecule has 1 aromatic carbocycles. The van der Waals surface area contributed by atoms with Gasteiger partial charge in [0.25, 0.3) is 0 Å². The number of rotatable bonds is 8. The summed E-state index contributed by atoms with van der Waals surface area (Å²) in [5.74, 6) is -28.2. The van der Waals surface area contributed by atoms with Gasteiger partial charge in [-0.05, 0) is 23.5 Å². The predicted molar refractivity (Wildman–Crippen MR) is 80.4 cm³/mol. The SMILES string of the molecule is CC(C)Cc1ccccc1C(O)CC(F)(F)C(F)(F)C(F)(F)C(F)(F)C(F)(F)F. The minimum atomic E-state index is -7.47. The predicted octanol–water partition coefficient (Wildman–Crippen LogP) is 6.41. The van der Waals surface area contributed by atoms with Crippen LogP contribution in [0.15, 0.2) is 24.3 Å². The van der Waals surface area contributed by atoms with Gasteiger partial charge < -0.3 is 5.11 Å². The summed E-state index contributed by atoms with van der Waals surface area (Å²) < 4.78 is 143. The summed E-state index contributed by atoms with van der Waals surface area (Å²) in [5.41, 5.74) is -0.163. The standard InChI is InChI=1S/C17H17F11O/c1-9(2)7-10-5-3-4-6-11(10)12(29)8-13(18,19)14(20,21)15(22,23)16(24,25)17(26,27)28/h3-6,9,12,29H,7-8H2,1-2H3. The fraction of sp³-hybridized carbons (Fsp3) is 0.647. The third kappa shape index (κ3) is 4.61. The van der Waals surface area contributed by atoms with Crippen LogP contribution in [0.1, 0.15) is 37.5 Å². The highest BCUT2D eigenvalue weighted by atomic mass is 19.4. The van der Waals surface area contributed by atoms with Gasteiger partial charge in [-0.25, -0.2) is 0 Å². The first kappa shape index (κ1) is 25.4. The molecular formula is C17H17F11O. The van der Waals surface area contributed by atoms with Crippen LogP contribution in [0, 0.1) is 5.92 Å². The molecule has 29 heavy (non-hydrogen) atoms. The molecule has 1 unspecified atom stereocenters. The molecule has 0 amide bonds. The largest absolute Gasteiger partial charge is 0.460 e. The van der Waals surface area contributed by atoms with Crippen LogP contribution in [-0.2, 0) is 6.42 Å². The average molecular weight is 446 g/mol. The molecule has 0 aliphatic rings. The number of hydrogen-bond acceptors (Lipinski definition) is 1. The smallest absolute Gasteiger partial charge is 0.388 e. The molecule has 0 bridgehead atoms. The number of aliphatic hydroxyl groups excluding tert-OH is 1. The van der Waals surface area contributed by atoms with Gasteiger partial charge in [-0.3, -0.25) is 0 Å². The van der Waals surface area contributed by atoms with Gasteiger partial charge >= 0.3 is 29.9 Å². The van der Waals surface area contributed by atoms with Crippen molar-refractivity contribution in [2.45, 2.75) is 62.7 Å². The lowest BCUT2D eigenvalue weighted by molar-refractivity contribution is -0.423. The monoisotopic (exact) mass is 446 g/mol. The summed E-state index contributed by atoms with van der Waals surface area (Å²) in [7, 11) is 0. The minimum Gasteiger partial charge on any atom is -0.388 e. The van der Waals surface area contributed by atoms with Crippen molar-refractivity contribution < 1.29 is 53.4 Å². The van der Waals surface area contributed by atoms with Gasteiger partial charge in [0, 0.05) is 6.42 Å². The summed E-state index contributed by atoms with van der Waals surface area (Å²) in [5, 5.41) is 9.87. The van der Waals surface area contributed by atoms with E-state index in [0.29, 0.717) is 0 Å². The maximum absolute atomic E-state index is 13.9. The van der Waals surface area contributed by atoms with E-state index in [1.807, 2.05) is 0 Å². The Hall–Kier alpha value is -1.59. The minimum absolute atomic E-state index is 0.0971. The lowest BCUT2D eigenvalue weighted by atomic mass is 9.89.